The van der Waals surface area contributed by atoms with Crippen LogP contribution in [-0.2, 0) is 6.42 Å². The molecule has 2 rings (SSSR count). The Hall–Kier alpha value is -2.14. The fourth-order valence-corrected chi connectivity index (χ4v) is 1.96. The van der Waals surface area contributed by atoms with Crippen molar-refractivity contribution in [2.24, 2.45) is 5.73 Å². The van der Waals surface area contributed by atoms with Gasteiger partial charge in [-0.15, -0.1) is 0 Å². The SMILES string of the molecule is COc1ccc(Oc2c(F)cc(CC(C)N)cc2F)cc1. The summed E-state index contributed by atoms with van der Waals surface area (Å²) in [4.78, 5) is 0. The summed E-state index contributed by atoms with van der Waals surface area (Å²) in [6.07, 6.45) is 0.399. The first-order chi connectivity index (χ1) is 9.99. The molecular formula is C16H17F2NO2. The molecular weight excluding hydrogens is 276 g/mol. The average Bonchev–Trinajstić information content (AvgIpc) is 2.43. The summed E-state index contributed by atoms with van der Waals surface area (Å²) >= 11 is 0. The van der Waals surface area contributed by atoms with Crippen LogP contribution in [0, 0.1) is 11.6 Å². The Kier molecular flexibility index (Phi) is 4.75. The first-order valence-corrected chi connectivity index (χ1v) is 6.55. The van der Waals surface area contributed by atoms with E-state index >= 15 is 0 Å². The molecule has 3 nitrogen and oxygen atoms in total. The second kappa shape index (κ2) is 6.54. The van der Waals surface area contributed by atoms with E-state index in [0.29, 0.717) is 23.5 Å². The minimum Gasteiger partial charge on any atom is -0.497 e. The Morgan fingerprint density at radius 1 is 1.05 bits per heavy atom. The fourth-order valence-electron chi connectivity index (χ4n) is 1.96. The molecule has 0 spiro atoms. The normalized spacial score (nSPS) is 12.0. The third kappa shape index (κ3) is 3.92. The van der Waals surface area contributed by atoms with Crippen molar-refractivity contribution in [3.05, 3.63) is 53.6 Å². The van der Waals surface area contributed by atoms with Gasteiger partial charge in [0, 0.05) is 6.04 Å². The van der Waals surface area contributed by atoms with Gasteiger partial charge in [-0.05, 0) is 55.3 Å². The zero-order chi connectivity index (χ0) is 15.4. The lowest BCUT2D eigenvalue weighted by Crippen LogP contribution is -2.18. The summed E-state index contributed by atoms with van der Waals surface area (Å²) in [7, 11) is 1.53. The molecule has 2 aromatic rings. The zero-order valence-electron chi connectivity index (χ0n) is 11.9. The Morgan fingerprint density at radius 3 is 2.05 bits per heavy atom. The second-order valence-corrected chi connectivity index (χ2v) is 4.85. The summed E-state index contributed by atoms with van der Waals surface area (Å²) < 4.78 is 38.2. The first-order valence-electron chi connectivity index (χ1n) is 6.55. The number of methoxy groups -OCH3 is 1. The monoisotopic (exact) mass is 293 g/mol. The lowest BCUT2D eigenvalue weighted by atomic mass is 10.1. The van der Waals surface area contributed by atoms with Crippen molar-refractivity contribution in [3.8, 4) is 17.2 Å². The van der Waals surface area contributed by atoms with Crippen LogP contribution in [0.5, 0.6) is 17.2 Å². The third-order valence-corrected chi connectivity index (χ3v) is 2.90. The van der Waals surface area contributed by atoms with Crippen molar-refractivity contribution in [3.63, 3.8) is 0 Å². The molecule has 0 radical (unpaired) electrons. The van der Waals surface area contributed by atoms with Crippen LogP contribution in [-0.4, -0.2) is 13.2 Å². The van der Waals surface area contributed by atoms with Gasteiger partial charge in [-0.3, -0.25) is 0 Å². The second-order valence-electron chi connectivity index (χ2n) is 4.85. The smallest absolute Gasteiger partial charge is 0.198 e. The van der Waals surface area contributed by atoms with Crippen molar-refractivity contribution >= 4 is 0 Å². The Bertz CT molecular complexity index is 589. The zero-order valence-corrected chi connectivity index (χ0v) is 11.9. The summed E-state index contributed by atoms with van der Waals surface area (Å²) in [5, 5.41) is 0. The number of nitrogens with two attached hydrogens (primary N) is 1. The van der Waals surface area contributed by atoms with Gasteiger partial charge < -0.3 is 15.2 Å². The van der Waals surface area contributed by atoms with Crippen LogP contribution in [0.1, 0.15) is 12.5 Å². The molecule has 0 aromatic heterocycles. The highest BCUT2D eigenvalue weighted by atomic mass is 19.1. The Labute approximate surface area is 122 Å². The maximum absolute atomic E-state index is 14.0. The van der Waals surface area contributed by atoms with Gasteiger partial charge in [-0.25, -0.2) is 8.78 Å². The van der Waals surface area contributed by atoms with Crippen LogP contribution in [0.4, 0.5) is 8.78 Å². The van der Waals surface area contributed by atoms with Crippen LogP contribution >= 0.6 is 0 Å². The van der Waals surface area contributed by atoms with E-state index in [1.54, 1.807) is 31.2 Å². The highest BCUT2D eigenvalue weighted by Crippen LogP contribution is 2.29. The maximum atomic E-state index is 14.0. The molecule has 0 aliphatic heterocycles. The molecule has 0 aliphatic carbocycles. The Morgan fingerprint density at radius 2 is 1.57 bits per heavy atom. The minimum atomic E-state index is -0.749. The Balaban J connectivity index is 2.23. The molecule has 0 heterocycles. The summed E-state index contributed by atoms with van der Waals surface area (Å²) in [5.41, 5.74) is 6.13. The van der Waals surface area contributed by atoms with E-state index in [-0.39, 0.29) is 6.04 Å². The summed E-state index contributed by atoms with van der Waals surface area (Å²) in [6.45, 7) is 1.78. The highest BCUT2D eigenvalue weighted by Gasteiger charge is 2.14. The van der Waals surface area contributed by atoms with E-state index in [1.807, 2.05) is 0 Å². The van der Waals surface area contributed by atoms with Gasteiger partial charge in [0.2, 0.25) is 0 Å². The molecule has 0 saturated carbocycles. The van der Waals surface area contributed by atoms with Gasteiger partial charge in [0.1, 0.15) is 11.5 Å². The van der Waals surface area contributed by atoms with E-state index < -0.39 is 17.4 Å². The molecule has 0 saturated heterocycles. The van der Waals surface area contributed by atoms with Gasteiger partial charge in [0.15, 0.2) is 17.4 Å². The number of rotatable bonds is 5. The molecule has 112 valence electrons. The molecule has 2 N–H and O–H groups in total. The van der Waals surface area contributed by atoms with Gasteiger partial charge in [-0.1, -0.05) is 0 Å². The van der Waals surface area contributed by atoms with Gasteiger partial charge in [-0.2, -0.15) is 0 Å². The fraction of sp³-hybridized carbons (Fsp3) is 0.250. The van der Waals surface area contributed by atoms with E-state index in [1.165, 1.54) is 19.2 Å². The standard InChI is InChI=1S/C16H17F2NO2/c1-10(19)7-11-8-14(17)16(15(18)9-11)21-13-5-3-12(20-2)4-6-13/h3-6,8-10H,7,19H2,1-2H3. The molecule has 0 aliphatic rings. The van der Waals surface area contributed by atoms with Crippen molar-refractivity contribution in [1.82, 2.24) is 0 Å². The molecule has 1 unspecified atom stereocenters. The third-order valence-electron chi connectivity index (χ3n) is 2.90. The molecule has 0 fully saturated rings. The van der Waals surface area contributed by atoms with Gasteiger partial charge >= 0.3 is 0 Å². The van der Waals surface area contributed by atoms with Crippen molar-refractivity contribution < 1.29 is 18.3 Å². The average molecular weight is 293 g/mol. The lowest BCUT2D eigenvalue weighted by Gasteiger charge is -2.11. The molecule has 2 aromatic carbocycles. The number of hydrogen-bond donors (Lipinski definition) is 1. The van der Waals surface area contributed by atoms with Crippen molar-refractivity contribution in [2.75, 3.05) is 7.11 Å². The topological polar surface area (TPSA) is 44.5 Å². The highest BCUT2D eigenvalue weighted by molar-refractivity contribution is 5.38. The van der Waals surface area contributed by atoms with Gasteiger partial charge in [0.25, 0.3) is 0 Å². The number of ether oxygens (including phenoxy) is 2. The number of hydrogen-bond acceptors (Lipinski definition) is 3. The predicted molar refractivity (Wildman–Crippen MR) is 76.8 cm³/mol. The number of halogens is 2. The molecule has 0 amide bonds. The van der Waals surface area contributed by atoms with Gasteiger partial charge in [0.05, 0.1) is 7.11 Å². The van der Waals surface area contributed by atoms with Crippen LogP contribution in [0.3, 0.4) is 0 Å². The van der Waals surface area contributed by atoms with E-state index in [0.717, 1.165) is 0 Å². The van der Waals surface area contributed by atoms with Crippen molar-refractivity contribution in [1.29, 1.82) is 0 Å². The van der Waals surface area contributed by atoms with E-state index in [9.17, 15) is 8.78 Å². The predicted octanol–water partition coefficient (Wildman–Crippen LogP) is 3.66. The first kappa shape index (κ1) is 15.3. The summed E-state index contributed by atoms with van der Waals surface area (Å²) in [5.74, 6) is -0.958. The van der Waals surface area contributed by atoms with Crippen molar-refractivity contribution in [2.45, 2.75) is 19.4 Å². The van der Waals surface area contributed by atoms with Crippen LogP contribution in [0.15, 0.2) is 36.4 Å². The maximum Gasteiger partial charge on any atom is 0.198 e. The molecule has 5 heteroatoms. The molecule has 1 atom stereocenters. The van der Waals surface area contributed by atoms with Crippen LogP contribution in [0.2, 0.25) is 0 Å². The minimum absolute atomic E-state index is 0.169. The van der Waals surface area contributed by atoms with Crippen LogP contribution < -0.4 is 15.2 Å². The summed E-state index contributed by atoms with van der Waals surface area (Å²) in [6, 6.07) is 8.76. The van der Waals surface area contributed by atoms with E-state index in [2.05, 4.69) is 0 Å². The van der Waals surface area contributed by atoms with Crippen LogP contribution in [0.25, 0.3) is 0 Å². The molecule has 0 bridgehead atoms. The quantitative estimate of drug-likeness (QED) is 0.915. The molecule has 21 heavy (non-hydrogen) atoms. The lowest BCUT2D eigenvalue weighted by molar-refractivity contribution is 0.400. The largest absolute Gasteiger partial charge is 0.497 e. The van der Waals surface area contributed by atoms with E-state index in [4.69, 9.17) is 15.2 Å². The number of benzene rings is 2.